The summed E-state index contributed by atoms with van der Waals surface area (Å²) in [5, 5.41) is 17.7. The lowest BCUT2D eigenvalue weighted by molar-refractivity contribution is -0.170. The molecule has 0 fully saturated rings. The summed E-state index contributed by atoms with van der Waals surface area (Å²) in [4.78, 5) is 70.4. The van der Waals surface area contributed by atoms with Crippen LogP contribution in [0.15, 0.2) is 130 Å². The average molecular weight is 741 g/mol. The zero-order valence-electron chi connectivity index (χ0n) is 32.8. The summed E-state index contributed by atoms with van der Waals surface area (Å²) in [6, 6.07) is 0. The number of hydrogen-bond acceptors (Lipinski definition) is 8. The van der Waals surface area contributed by atoms with Gasteiger partial charge in [0.05, 0.1) is 0 Å². The van der Waals surface area contributed by atoms with Crippen molar-refractivity contribution in [3.8, 4) is 0 Å². The van der Waals surface area contributed by atoms with Crippen molar-refractivity contribution in [3.63, 3.8) is 0 Å². The minimum atomic E-state index is -1.73. The number of aliphatic carboxylic acids is 2. The predicted octanol–water partition coefficient (Wildman–Crippen LogP) is 8.18. The Morgan fingerprint density at radius 2 is 0.852 bits per heavy atom. The average Bonchev–Trinajstić information content (AvgIpc) is 3.07. The van der Waals surface area contributed by atoms with Crippen molar-refractivity contribution >= 4 is 35.4 Å². The molecule has 54 heavy (non-hydrogen) atoms. The minimum Gasteiger partial charge on any atom is -0.473 e. The first kappa shape index (κ1) is 44.5. The number of carbonyl (C=O) groups is 6. The highest BCUT2D eigenvalue weighted by Gasteiger charge is 2.41. The van der Waals surface area contributed by atoms with Crippen LogP contribution in [-0.2, 0) is 38.2 Å². The smallest absolute Gasteiger partial charge is 0.418 e. The summed E-state index contributed by atoms with van der Waals surface area (Å²) in [6.07, 6.45) is 25.3. The third-order valence-electron chi connectivity index (χ3n) is 9.12. The molecule has 2 aliphatic carbocycles. The Balaban J connectivity index is 1.99. The number of Topliss-reactive ketones (excluding diaryl/α,β-unsaturated/α-hetero) is 2. The number of carboxylic acid groups (broad SMARTS) is 2. The Bertz CT molecular complexity index is 1750. The fraction of sp³-hybridized carbons (Fsp3) is 0.364. The van der Waals surface area contributed by atoms with E-state index in [1.807, 2.05) is 140 Å². The lowest BCUT2D eigenvalue weighted by Gasteiger charge is -2.36. The van der Waals surface area contributed by atoms with E-state index in [1.165, 1.54) is 0 Å². The largest absolute Gasteiger partial charge is 0.473 e. The van der Waals surface area contributed by atoms with Gasteiger partial charge in [-0.3, -0.25) is 9.59 Å². The van der Waals surface area contributed by atoms with Gasteiger partial charge < -0.3 is 19.7 Å². The zero-order chi connectivity index (χ0) is 41.0. The summed E-state index contributed by atoms with van der Waals surface area (Å²) in [5.74, 6) is -7.12. The molecule has 0 saturated carbocycles. The van der Waals surface area contributed by atoms with E-state index >= 15 is 0 Å². The SMILES string of the molecule is CC1=C(/C=C/C(C)=C/C=C/C(C)=C/C=C/C=C(C)/C=C/C=C(C)/C=C/C2=C(C)C(=O)C(OC(=O)C(=O)O)CC2(C)C)C(C)(C)CC(OC(=O)C(=O)O)C1=O. The van der Waals surface area contributed by atoms with E-state index in [9.17, 15) is 28.8 Å². The summed E-state index contributed by atoms with van der Waals surface area (Å²) in [7, 11) is 0. The topological polar surface area (TPSA) is 161 Å². The molecule has 0 heterocycles. The first-order valence-corrected chi connectivity index (χ1v) is 17.5. The molecule has 0 aromatic rings. The molecule has 2 N–H and O–H groups in total. The normalized spacial score (nSPS) is 21.7. The molecule has 0 aliphatic heterocycles. The van der Waals surface area contributed by atoms with Gasteiger partial charge in [-0.2, -0.15) is 0 Å². The molecular weight excluding hydrogens is 688 g/mol. The second kappa shape index (κ2) is 19.4. The molecule has 0 bridgehead atoms. The number of ether oxygens (including phenoxy) is 2. The van der Waals surface area contributed by atoms with Gasteiger partial charge in [0, 0.05) is 12.8 Å². The van der Waals surface area contributed by atoms with Gasteiger partial charge >= 0.3 is 23.9 Å². The van der Waals surface area contributed by atoms with Crippen molar-refractivity contribution in [2.24, 2.45) is 10.8 Å². The monoisotopic (exact) mass is 740 g/mol. The van der Waals surface area contributed by atoms with Crippen LogP contribution in [0.3, 0.4) is 0 Å². The fourth-order valence-corrected chi connectivity index (χ4v) is 6.12. The molecule has 10 heteroatoms. The van der Waals surface area contributed by atoms with E-state index in [0.29, 0.717) is 11.1 Å². The van der Waals surface area contributed by atoms with Crippen molar-refractivity contribution in [2.75, 3.05) is 0 Å². The van der Waals surface area contributed by atoms with E-state index < -0.39 is 58.5 Å². The van der Waals surface area contributed by atoms with Gasteiger partial charge in [-0.05, 0) is 74.7 Å². The van der Waals surface area contributed by atoms with E-state index in [1.54, 1.807) is 13.8 Å². The molecular formula is C44H52O10. The van der Waals surface area contributed by atoms with Gasteiger partial charge in [-0.25, -0.2) is 19.2 Å². The van der Waals surface area contributed by atoms with Crippen LogP contribution >= 0.6 is 0 Å². The number of carbonyl (C=O) groups excluding carboxylic acids is 4. The lowest BCUT2D eigenvalue weighted by Crippen LogP contribution is -2.40. The van der Waals surface area contributed by atoms with Crippen LogP contribution in [0.2, 0.25) is 0 Å². The standard InChI is InChI=1S/C44H52O10/c1-27(17-13-19-29(3)21-23-33-31(5)37(45)35(25-43(33,7)8)53-41(51)39(47)48)15-11-12-16-28(2)18-14-20-30(4)22-24-34-32(6)38(46)36(26-44(34,9)10)54-42(52)40(49)50/h11-24,35-36H,25-26H2,1-10H3,(H,47,48)(H,49,50)/b12-11+,17-13+,18-14+,23-21+,24-22+,27-15+,28-16+,29-19+,30-20+. The number of esters is 2. The summed E-state index contributed by atoms with van der Waals surface area (Å²) in [6.45, 7) is 18.9. The molecule has 0 aromatic heterocycles. The first-order chi connectivity index (χ1) is 25.1. The summed E-state index contributed by atoms with van der Waals surface area (Å²) in [5.41, 5.74) is 5.47. The van der Waals surface area contributed by atoms with Crippen LogP contribution in [-0.4, -0.2) is 57.9 Å². The maximum absolute atomic E-state index is 12.8. The van der Waals surface area contributed by atoms with Crippen molar-refractivity contribution in [3.05, 3.63) is 130 Å². The third kappa shape index (κ3) is 13.1. The second-order valence-corrected chi connectivity index (χ2v) is 14.8. The number of rotatable bonds is 12. The van der Waals surface area contributed by atoms with Crippen molar-refractivity contribution in [1.29, 1.82) is 0 Å². The van der Waals surface area contributed by atoms with E-state index in [4.69, 9.17) is 19.7 Å². The fourth-order valence-electron chi connectivity index (χ4n) is 6.12. The van der Waals surface area contributed by atoms with Gasteiger partial charge in [-0.15, -0.1) is 0 Å². The molecule has 2 aliphatic rings. The van der Waals surface area contributed by atoms with Crippen LogP contribution in [0.25, 0.3) is 0 Å². The molecule has 0 spiro atoms. The Labute approximate surface area is 318 Å². The molecule has 10 nitrogen and oxygen atoms in total. The van der Waals surface area contributed by atoms with Gasteiger partial charge in [0.1, 0.15) is 0 Å². The molecule has 0 aromatic carbocycles. The summed E-state index contributed by atoms with van der Waals surface area (Å²) < 4.78 is 9.85. The highest BCUT2D eigenvalue weighted by Crippen LogP contribution is 2.42. The molecule has 2 unspecified atom stereocenters. The number of ketones is 2. The molecule has 0 saturated heterocycles. The van der Waals surface area contributed by atoms with Crippen molar-refractivity contribution in [2.45, 2.75) is 94.3 Å². The van der Waals surface area contributed by atoms with Gasteiger partial charge in [-0.1, -0.05) is 135 Å². The molecule has 0 amide bonds. The van der Waals surface area contributed by atoms with Crippen LogP contribution in [0, 0.1) is 10.8 Å². The van der Waals surface area contributed by atoms with Crippen LogP contribution in [0.4, 0.5) is 0 Å². The number of allylic oxidation sites excluding steroid dienone is 20. The molecule has 2 rings (SSSR count). The van der Waals surface area contributed by atoms with Crippen LogP contribution in [0.5, 0.6) is 0 Å². The maximum atomic E-state index is 12.8. The van der Waals surface area contributed by atoms with Gasteiger partial charge in [0.15, 0.2) is 23.8 Å². The first-order valence-electron chi connectivity index (χ1n) is 17.5. The lowest BCUT2D eigenvalue weighted by atomic mass is 9.71. The quantitative estimate of drug-likeness (QED) is 0.113. The Kier molecular flexibility index (Phi) is 16.0. The predicted molar refractivity (Wildman–Crippen MR) is 208 cm³/mol. The third-order valence-corrected chi connectivity index (χ3v) is 9.12. The van der Waals surface area contributed by atoms with Gasteiger partial charge in [0.25, 0.3) is 0 Å². The highest BCUT2D eigenvalue weighted by atomic mass is 16.6. The van der Waals surface area contributed by atoms with E-state index in [0.717, 1.165) is 33.4 Å². The number of hydrogen-bond donors (Lipinski definition) is 2. The zero-order valence-corrected chi connectivity index (χ0v) is 32.8. The summed E-state index contributed by atoms with van der Waals surface area (Å²) >= 11 is 0. The Morgan fingerprint density at radius 1 is 0.556 bits per heavy atom. The van der Waals surface area contributed by atoms with E-state index in [-0.39, 0.29) is 12.8 Å². The van der Waals surface area contributed by atoms with E-state index in [2.05, 4.69) is 0 Å². The Hall–Kier alpha value is -5.64. The highest BCUT2D eigenvalue weighted by molar-refractivity contribution is 6.29. The number of carboxylic acids is 2. The van der Waals surface area contributed by atoms with Crippen LogP contribution in [0.1, 0.15) is 82.1 Å². The second-order valence-electron chi connectivity index (χ2n) is 14.8. The Morgan fingerprint density at radius 3 is 1.17 bits per heavy atom. The minimum absolute atomic E-state index is 0.190. The molecule has 0 radical (unpaired) electrons. The molecule has 2 atom stereocenters. The molecule has 288 valence electrons. The van der Waals surface area contributed by atoms with Crippen molar-refractivity contribution < 1.29 is 48.5 Å². The maximum Gasteiger partial charge on any atom is 0.418 e. The van der Waals surface area contributed by atoms with Crippen molar-refractivity contribution in [1.82, 2.24) is 0 Å². The van der Waals surface area contributed by atoms with Crippen LogP contribution < -0.4 is 0 Å². The van der Waals surface area contributed by atoms with Gasteiger partial charge in [0.2, 0.25) is 0 Å².